The first-order valence-electron chi connectivity index (χ1n) is 4.57. The van der Waals surface area contributed by atoms with Gasteiger partial charge in [0.25, 0.3) is 0 Å². The first-order chi connectivity index (χ1) is 7.44. The third-order valence-electron chi connectivity index (χ3n) is 2.03. The molecule has 1 aromatic carbocycles. The Morgan fingerprint density at radius 2 is 1.88 bits per heavy atom. The highest BCUT2D eigenvalue weighted by Gasteiger charge is 2.29. The second-order valence-corrected chi connectivity index (χ2v) is 4.49. The van der Waals surface area contributed by atoms with Crippen molar-refractivity contribution >= 4 is 22.7 Å². The molecular formula is C11H8F3NS. The molecule has 0 fully saturated rings. The van der Waals surface area contributed by atoms with E-state index in [0.29, 0.717) is 5.52 Å². The minimum atomic E-state index is -4.24. The van der Waals surface area contributed by atoms with Gasteiger partial charge in [0.2, 0.25) is 0 Å². The number of alkyl halides is 3. The fourth-order valence-corrected chi connectivity index (χ4v) is 1.99. The van der Waals surface area contributed by atoms with Crippen molar-refractivity contribution in [3.63, 3.8) is 0 Å². The second-order valence-electron chi connectivity index (χ2n) is 3.35. The zero-order valence-electron chi connectivity index (χ0n) is 8.38. The lowest BCUT2D eigenvalue weighted by molar-refractivity contribution is -0.0328. The van der Waals surface area contributed by atoms with Gasteiger partial charge < -0.3 is 0 Å². The van der Waals surface area contributed by atoms with Crippen LogP contribution in [0.1, 0.15) is 5.69 Å². The number of aryl methyl sites for hydroxylation is 1. The van der Waals surface area contributed by atoms with Gasteiger partial charge in [-0.25, -0.2) is 0 Å². The maximum atomic E-state index is 12.2. The highest BCUT2D eigenvalue weighted by atomic mass is 32.2. The molecule has 0 amide bonds. The first kappa shape index (κ1) is 11.3. The average molecular weight is 243 g/mol. The van der Waals surface area contributed by atoms with Gasteiger partial charge in [-0.2, -0.15) is 13.2 Å². The largest absolute Gasteiger partial charge is 0.446 e. The van der Waals surface area contributed by atoms with E-state index in [9.17, 15) is 13.2 Å². The number of aromatic nitrogens is 1. The fourth-order valence-electron chi connectivity index (χ4n) is 1.40. The first-order valence-corrected chi connectivity index (χ1v) is 5.39. The predicted octanol–water partition coefficient (Wildman–Crippen LogP) is 4.16. The summed E-state index contributed by atoms with van der Waals surface area (Å²) in [6.07, 6.45) is 0. The van der Waals surface area contributed by atoms with E-state index in [1.54, 1.807) is 18.2 Å². The standard InChI is InChI=1S/C11H8F3NS/c1-7-2-3-8-6-9(16-11(12,13)14)4-5-10(8)15-7/h2-6H,1H3. The third kappa shape index (κ3) is 2.66. The van der Waals surface area contributed by atoms with E-state index in [-0.39, 0.29) is 16.7 Å². The van der Waals surface area contributed by atoms with Crippen LogP contribution in [0.5, 0.6) is 0 Å². The molecule has 2 aromatic rings. The molecule has 5 heteroatoms. The third-order valence-corrected chi connectivity index (χ3v) is 2.75. The SMILES string of the molecule is Cc1ccc2cc(SC(F)(F)F)ccc2n1. The van der Waals surface area contributed by atoms with Gasteiger partial charge in [-0.05, 0) is 43.0 Å². The predicted molar refractivity (Wildman–Crippen MR) is 58.4 cm³/mol. The van der Waals surface area contributed by atoms with Crippen molar-refractivity contribution in [3.8, 4) is 0 Å². The molecule has 0 spiro atoms. The lowest BCUT2D eigenvalue weighted by Gasteiger charge is -2.06. The smallest absolute Gasteiger partial charge is 0.253 e. The summed E-state index contributed by atoms with van der Waals surface area (Å²) in [6, 6.07) is 8.10. The number of rotatable bonds is 1. The monoisotopic (exact) mass is 243 g/mol. The quantitative estimate of drug-likeness (QED) is 0.698. The van der Waals surface area contributed by atoms with Gasteiger partial charge in [0, 0.05) is 16.0 Å². The van der Waals surface area contributed by atoms with Crippen LogP contribution in [0.3, 0.4) is 0 Å². The summed E-state index contributed by atoms with van der Waals surface area (Å²) in [5.74, 6) is 0. The molecule has 0 aliphatic heterocycles. The molecule has 1 aromatic heterocycles. The summed E-state index contributed by atoms with van der Waals surface area (Å²) < 4.78 is 36.5. The van der Waals surface area contributed by atoms with Crippen LogP contribution >= 0.6 is 11.8 Å². The van der Waals surface area contributed by atoms with Gasteiger partial charge in [0.15, 0.2) is 0 Å². The molecule has 0 bridgehead atoms. The number of hydrogen-bond acceptors (Lipinski definition) is 2. The average Bonchev–Trinajstić information content (AvgIpc) is 2.16. The molecule has 2 rings (SSSR count). The van der Waals surface area contributed by atoms with Crippen molar-refractivity contribution < 1.29 is 13.2 Å². The molecule has 0 atom stereocenters. The molecule has 0 saturated carbocycles. The number of halogens is 3. The van der Waals surface area contributed by atoms with Gasteiger partial charge in [-0.3, -0.25) is 4.98 Å². The molecule has 0 N–H and O–H groups in total. The Morgan fingerprint density at radius 3 is 2.56 bits per heavy atom. The Kier molecular flexibility index (Phi) is 2.80. The number of nitrogens with zero attached hydrogens (tertiary/aromatic N) is 1. The van der Waals surface area contributed by atoms with Crippen molar-refractivity contribution in [1.29, 1.82) is 0 Å². The van der Waals surface area contributed by atoms with E-state index >= 15 is 0 Å². The summed E-state index contributed by atoms with van der Waals surface area (Å²) in [5.41, 5.74) is -2.68. The molecule has 84 valence electrons. The van der Waals surface area contributed by atoms with Crippen LogP contribution in [0, 0.1) is 6.92 Å². The molecular weight excluding hydrogens is 235 g/mol. The Bertz CT molecular complexity index is 522. The van der Waals surface area contributed by atoms with Crippen molar-refractivity contribution in [2.45, 2.75) is 17.3 Å². The summed E-state index contributed by atoms with van der Waals surface area (Å²) in [7, 11) is 0. The van der Waals surface area contributed by atoms with Gasteiger partial charge in [0.1, 0.15) is 0 Å². The van der Waals surface area contributed by atoms with E-state index in [0.717, 1.165) is 11.1 Å². The summed E-state index contributed by atoms with van der Waals surface area (Å²) in [5, 5.41) is 0.722. The Labute approximate surface area is 94.7 Å². The normalized spacial score (nSPS) is 12.0. The number of benzene rings is 1. The van der Waals surface area contributed by atoms with E-state index in [1.807, 2.05) is 6.92 Å². The lowest BCUT2D eigenvalue weighted by atomic mass is 10.2. The van der Waals surface area contributed by atoms with Gasteiger partial charge in [0.05, 0.1) is 5.52 Å². The highest BCUT2D eigenvalue weighted by Crippen LogP contribution is 2.37. The van der Waals surface area contributed by atoms with E-state index < -0.39 is 5.51 Å². The lowest BCUT2D eigenvalue weighted by Crippen LogP contribution is -1.98. The summed E-state index contributed by atoms with van der Waals surface area (Å²) in [4.78, 5) is 4.41. The maximum Gasteiger partial charge on any atom is 0.446 e. The van der Waals surface area contributed by atoms with Crippen molar-refractivity contribution in [2.24, 2.45) is 0 Å². The van der Waals surface area contributed by atoms with Crippen molar-refractivity contribution in [2.75, 3.05) is 0 Å². The number of pyridine rings is 1. The Morgan fingerprint density at radius 1 is 1.12 bits per heavy atom. The molecule has 0 radical (unpaired) electrons. The molecule has 0 aliphatic carbocycles. The summed E-state index contributed by atoms with van der Waals surface area (Å²) in [6.45, 7) is 1.85. The topological polar surface area (TPSA) is 12.9 Å². The molecule has 16 heavy (non-hydrogen) atoms. The van der Waals surface area contributed by atoms with Crippen LogP contribution in [0.15, 0.2) is 35.2 Å². The Hall–Kier alpha value is -1.23. The number of thioether (sulfide) groups is 1. The van der Waals surface area contributed by atoms with E-state index in [2.05, 4.69) is 4.98 Å². The minimum absolute atomic E-state index is 0.108. The van der Waals surface area contributed by atoms with E-state index in [1.165, 1.54) is 12.1 Å². The highest BCUT2D eigenvalue weighted by molar-refractivity contribution is 8.00. The van der Waals surface area contributed by atoms with Crippen LogP contribution in [-0.2, 0) is 0 Å². The van der Waals surface area contributed by atoms with Gasteiger partial charge in [-0.15, -0.1) is 0 Å². The maximum absolute atomic E-state index is 12.2. The van der Waals surface area contributed by atoms with Crippen molar-refractivity contribution in [1.82, 2.24) is 4.98 Å². The van der Waals surface area contributed by atoms with Crippen molar-refractivity contribution in [3.05, 3.63) is 36.0 Å². The number of hydrogen-bond donors (Lipinski definition) is 0. The molecule has 0 unspecified atom stereocenters. The molecule has 0 saturated heterocycles. The number of fused-ring (bicyclic) bond motifs is 1. The minimum Gasteiger partial charge on any atom is -0.253 e. The zero-order valence-corrected chi connectivity index (χ0v) is 9.19. The van der Waals surface area contributed by atoms with Crippen LogP contribution in [0.25, 0.3) is 10.9 Å². The van der Waals surface area contributed by atoms with E-state index in [4.69, 9.17) is 0 Å². The Balaban J connectivity index is 2.41. The molecule has 0 aliphatic rings. The van der Waals surface area contributed by atoms with Crippen LogP contribution in [0.2, 0.25) is 0 Å². The fraction of sp³-hybridized carbons (Fsp3) is 0.182. The summed E-state index contributed by atoms with van der Waals surface area (Å²) >= 11 is -0.108. The van der Waals surface area contributed by atoms with Crippen LogP contribution in [-0.4, -0.2) is 10.5 Å². The van der Waals surface area contributed by atoms with Gasteiger partial charge >= 0.3 is 5.51 Å². The zero-order chi connectivity index (χ0) is 11.8. The van der Waals surface area contributed by atoms with Crippen LogP contribution < -0.4 is 0 Å². The second kappa shape index (κ2) is 3.97. The molecule has 1 nitrogen and oxygen atoms in total. The van der Waals surface area contributed by atoms with Crippen LogP contribution in [0.4, 0.5) is 13.2 Å². The molecule has 1 heterocycles. The van der Waals surface area contributed by atoms with Gasteiger partial charge in [-0.1, -0.05) is 6.07 Å².